The van der Waals surface area contributed by atoms with Gasteiger partial charge in [0.25, 0.3) is 0 Å². The second kappa shape index (κ2) is 5.50. The van der Waals surface area contributed by atoms with Crippen LogP contribution in [0.3, 0.4) is 0 Å². The summed E-state index contributed by atoms with van der Waals surface area (Å²) >= 11 is 0. The summed E-state index contributed by atoms with van der Waals surface area (Å²) in [6.07, 6.45) is 0.548. The standard InChI is InChI=1S/C20H22N2O4/c1-20(2,3)9-4-5-10-11(13-8-15(23)21-17(13)24)7-14-16(12(10)6-9)19(26)22-18(14)25/h4-6,11,13-14,16H,7-8H2,1-3H3,(H,21,23,24)(H,22,25,26). The number of carbonyl (C=O) groups excluding carboxylic acids is 4. The van der Waals surface area contributed by atoms with Crippen molar-refractivity contribution in [3.05, 3.63) is 34.9 Å². The molecule has 0 aromatic heterocycles. The van der Waals surface area contributed by atoms with Crippen LogP contribution in [0, 0.1) is 11.8 Å². The molecule has 1 aliphatic carbocycles. The maximum absolute atomic E-state index is 12.4. The minimum Gasteiger partial charge on any atom is -0.296 e. The second-order valence-corrected chi connectivity index (χ2v) is 8.60. The fourth-order valence-electron chi connectivity index (χ4n) is 4.56. The molecular formula is C20H22N2O4. The smallest absolute Gasteiger partial charge is 0.234 e. The summed E-state index contributed by atoms with van der Waals surface area (Å²) in [5.74, 6) is -2.79. The van der Waals surface area contributed by atoms with Crippen LogP contribution in [0.15, 0.2) is 18.2 Å². The van der Waals surface area contributed by atoms with Crippen LogP contribution in [0.25, 0.3) is 0 Å². The molecule has 6 heteroatoms. The van der Waals surface area contributed by atoms with Crippen LogP contribution < -0.4 is 10.6 Å². The van der Waals surface area contributed by atoms with Gasteiger partial charge in [-0.1, -0.05) is 39.0 Å². The van der Waals surface area contributed by atoms with E-state index in [4.69, 9.17) is 0 Å². The van der Waals surface area contributed by atoms with E-state index in [1.165, 1.54) is 0 Å². The molecule has 4 unspecified atom stereocenters. The van der Waals surface area contributed by atoms with Crippen molar-refractivity contribution in [3.8, 4) is 0 Å². The lowest BCUT2D eigenvalue weighted by molar-refractivity contribution is -0.128. The zero-order valence-electron chi connectivity index (χ0n) is 15.1. The van der Waals surface area contributed by atoms with Gasteiger partial charge in [0.1, 0.15) is 0 Å². The van der Waals surface area contributed by atoms with Crippen LogP contribution in [-0.4, -0.2) is 23.6 Å². The summed E-state index contributed by atoms with van der Waals surface area (Å²) in [5.41, 5.74) is 2.72. The Morgan fingerprint density at radius 2 is 1.54 bits per heavy atom. The maximum atomic E-state index is 12.4. The van der Waals surface area contributed by atoms with E-state index in [0.29, 0.717) is 6.42 Å². The molecule has 2 N–H and O–H groups in total. The lowest BCUT2D eigenvalue weighted by atomic mass is 9.66. The van der Waals surface area contributed by atoms with E-state index < -0.39 is 17.8 Å². The van der Waals surface area contributed by atoms with Gasteiger partial charge >= 0.3 is 0 Å². The molecule has 0 radical (unpaired) electrons. The van der Waals surface area contributed by atoms with E-state index in [1.807, 2.05) is 18.2 Å². The zero-order valence-corrected chi connectivity index (χ0v) is 15.1. The molecule has 2 saturated heterocycles. The Bertz CT molecular complexity index is 852. The molecule has 1 aromatic rings. The third-order valence-electron chi connectivity index (χ3n) is 5.95. The minimum absolute atomic E-state index is 0.0999. The van der Waals surface area contributed by atoms with E-state index >= 15 is 0 Å². The molecule has 0 bridgehead atoms. The predicted octanol–water partition coefficient (Wildman–Crippen LogP) is 1.49. The first-order valence-electron chi connectivity index (χ1n) is 8.99. The van der Waals surface area contributed by atoms with Gasteiger partial charge in [-0.3, -0.25) is 29.8 Å². The number of amides is 4. The molecule has 26 heavy (non-hydrogen) atoms. The molecule has 0 spiro atoms. The van der Waals surface area contributed by atoms with Gasteiger partial charge in [-0.05, 0) is 34.4 Å². The van der Waals surface area contributed by atoms with Crippen molar-refractivity contribution in [1.82, 2.24) is 10.6 Å². The topological polar surface area (TPSA) is 92.3 Å². The Morgan fingerprint density at radius 3 is 2.15 bits per heavy atom. The Balaban J connectivity index is 1.85. The number of benzene rings is 1. The quantitative estimate of drug-likeness (QED) is 0.748. The van der Waals surface area contributed by atoms with Crippen molar-refractivity contribution in [2.75, 3.05) is 0 Å². The summed E-state index contributed by atoms with van der Waals surface area (Å²) in [7, 11) is 0. The van der Waals surface area contributed by atoms with E-state index in [9.17, 15) is 19.2 Å². The molecule has 136 valence electrons. The second-order valence-electron chi connectivity index (χ2n) is 8.60. The van der Waals surface area contributed by atoms with Crippen molar-refractivity contribution >= 4 is 23.6 Å². The van der Waals surface area contributed by atoms with Crippen LogP contribution in [0.5, 0.6) is 0 Å². The van der Waals surface area contributed by atoms with Gasteiger partial charge in [0.2, 0.25) is 23.6 Å². The van der Waals surface area contributed by atoms with E-state index in [0.717, 1.165) is 16.7 Å². The van der Waals surface area contributed by atoms with Gasteiger partial charge in [0, 0.05) is 6.42 Å². The average molecular weight is 354 g/mol. The lowest BCUT2D eigenvalue weighted by Crippen LogP contribution is -2.33. The van der Waals surface area contributed by atoms with Crippen molar-refractivity contribution in [3.63, 3.8) is 0 Å². The highest BCUT2D eigenvalue weighted by Gasteiger charge is 2.51. The Kier molecular flexibility index (Phi) is 3.58. The maximum Gasteiger partial charge on any atom is 0.234 e. The molecule has 1 aromatic carbocycles. The van der Waals surface area contributed by atoms with Crippen LogP contribution in [-0.2, 0) is 24.6 Å². The van der Waals surface area contributed by atoms with Gasteiger partial charge in [-0.2, -0.15) is 0 Å². The summed E-state index contributed by atoms with van der Waals surface area (Å²) in [6, 6.07) is 6.00. The average Bonchev–Trinajstić information content (AvgIpc) is 3.03. The molecule has 4 rings (SSSR count). The molecule has 4 atom stereocenters. The Hall–Kier alpha value is -2.50. The van der Waals surface area contributed by atoms with Gasteiger partial charge in [-0.15, -0.1) is 0 Å². The number of rotatable bonds is 1. The van der Waals surface area contributed by atoms with Gasteiger partial charge < -0.3 is 0 Å². The number of nitrogens with one attached hydrogen (secondary N) is 2. The van der Waals surface area contributed by atoms with Gasteiger partial charge in [0.05, 0.1) is 17.8 Å². The first-order valence-corrected chi connectivity index (χ1v) is 8.99. The van der Waals surface area contributed by atoms with Crippen molar-refractivity contribution in [2.24, 2.45) is 11.8 Å². The van der Waals surface area contributed by atoms with Crippen LogP contribution in [0.2, 0.25) is 0 Å². The molecule has 3 aliphatic rings. The number of hydrogen-bond acceptors (Lipinski definition) is 4. The van der Waals surface area contributed by atoms with Crippen molar-refractivity contribution in [1.29, 1.82) is 0 Å². The number of carbonyl (C=O) groups is 4. The van der Waals surface area contributed by atoms with Crippen molar-refractivity contribution in [2.45, 2.75) is 50.9 Å². The normalized spacial score (nSPS) is 30.7. The van der Waals surface area contributed by atoms with Crippen LogP contribution in [0.4, 0.5) is 0 Å². The predicted molar refractivity (Wildman–Crippen MR) is 93.1 cm³/mol. The van der Waals surface area contributed by atoms with E-state index in [2.05, 4.69) is 31.4 Å². The minimum atomic E-state index is -0.504. The summed E-state index contributed by atoms with van der Waals surface area (Å²) in [5, 5.41) is 4.81. The fourth-order valence-corrected chi connectivity index (χ4v) is 4.56. The highest BCUT2D eigenvalue weighted by atomic mass is 16.2. The first-order chi connectivity index (χ1) is 12.2. The molecule has 2 fully saturated rings. The SMILES string of the molecule is CC(C)(C)c1ccc2c(c1)C1C(=O)NC(=O)C1CC2C1CC(=O)NC1=O. The first kappa shape index (κ1) is 16.9. The highest BCUT2D eigenvalue weighted by Crippen LogP contribution is 2.50. The van der Waals surface area contributed by atoms with Crippen molar-refractivity contribution < 1.29 is 19.2 Å². The fraction of sp³-hybridized carbons (Fsp3) is 0.500. The lowest BCUT2D eigenvalue weighted by Gasteiger charge is -2.35. The molecule has 2 aliphatic heterocycles. The van der Waals surface area contributed by atoms with Crippen LogP contribution >= 0.6 is 0 Å². The molecular weight excluding hydrogens is 332 g/mol. The summed E-state index contributed by atoms with van der Waals surface area (Å²) < 4.78 is 0. The number of imide groups is 2. The zero-order chi connectivity index (χ0) is 18.8. The highest BCUT2D eigenvalue weighted by molar-refractivity contribution is 6.09. The molecule has 2 heterocycles. The number of fused-ring (bicyclic) bond motifs is 3. The third-order valence-corrected chi connectivity index (χ3v) is 5.95. The van der Waals surface area contributed by atoms with Crippen LogP contribution in [0.1, 0.15) is 62.1 Å². The van der Waals surface area contributed by atoms with E-state index in [-0.39, 0.29) is 41.4 Å². The monoisotopic (exact) mass is 354 g/mol. The number of hydrogen-bond donors (Lipinski definition) is 2. The molecule has 0 saturated carbocycles. The van der Waals surface area contributed by atoms with Gasteiger partial charge in [0.15, 0.2) is 0 Å². The third kappa shape index (κ3) is 2.47. The summed E-state index contributed by atoms with van der Waals surface area (Å²) in [4.78, 5) is 48.7. The largest absolute Gasteiger partial charge is 0.296 e. The molecule has 4 amide bonds. The van der Waals surface area contributed by atoms with E-state index in [1.54, 1.807) is 0 Å². The molecule has 6 nitrogen and oxygen atoms in total. The van der Waals surface area contributed by atoms with Gasteiger partial charge in [-0.25, -0.2) is 0 Å². The Labute approximate surface area is 151 Å². The Morgan fingerprint density at radius 1 is 0.846 bits per heavy atom. The summed E-state index contributed by atoms with van der Waals surface area (Å²) in [6.45, 7) is 6.28.